The molecule has 0 bridgehead atoms. The molecule has 0 amide bonds. The van der Waals surface area contributed by atoms with E-state index < -0.39 is 0 Å². The van der Waals surface area contributed by atoms with Crippen molar-refractivity contribution >= 4 is 0 Å². The molecule has 0 saturated heterocycles. The first-order chi connectivity index (χ1) is 5.94. The maximum absolute atomic E-state index is 9.48. The van der Waals surface area contributed by atoms with E-state index in [1.165, 1.54) is 12.8 Å². The lowest BCUT2D eigenvalue weighted by Crippen LogP contribution is -2.49. The second kappa shape index (κ2) is 5.61. The lowest BCUT2D eigenvalue weighted by molar-refractivity contribution is 0.0932. The van der Waals surface area contributed by atoms with E-state index in [0.29, 0.717) is 0 Å². The highest BCUT2D eigenvalue weighted by Gasteiger charge is 2.23. The van der Waals surface area contributed by atoms with Gasteiger partial charge in [-0.1, -0.05) is 26.7 Å². The van der Waals surface area contributed by atoms with Gasteiger partial charge in [0.15, 0.2) is 0 Å². The predicted octanol–water partition coefficient (Wildman–Crippen LogP) is 2.17. The third-order valence-corrected chi connectivity index (χ3v) is 3.05. The third kappa shape index (κ3) is 4.63. The second-order valence-electron chi connectivity index (χ2n) is 4.46. The average molecular weight is 187 g/mol. The van der Waals surface area contributed by atoms with E-state index in [0.717, 1.165) is 12.5 Å². The maximum Gasteiger partial charge on any atom is 0.0688 e. The number of hydrogen-bond donors (Lipinski definition) is 2. The Morgan fingerprint density at radius 3 is 2.00 bits per heavy atom. The Hall–Kier alpha value is -0.0800. The molecule has 0 heterocycles. The lowest BCUT2D eigenvalue weighted by Gasteiger charge is -2.31. The smallest absolute Gasteiger partial charge is 0.0688 e. The average Bonchev–Trinajstić information content (AvgIpc) is 2.06. The number of hydrogen-bond acceptors (Lipinski definition) is 2. The van der Waals surface area contributed by atoms with Crippen LogP contribution in [0.2, 0.25) is 0 Å². The van der Waals surface area contributed by atoms with E-state index in [9.17, 15) is 5.11 Å². The largest absolute Gasteiger partial charge is 0.392 e. The van der Waals surface area contributed by atoms with Crippen molar-refractivity contribution in [3.63, 3.8) is 0 Å². The van der Waals surface area contributed by atoms with Crippen molar-refractivity contribution in [2.24, 2.45) is 5.92 Å². The molecule has 0 spiro atoms. The molecule has 0 aliphatic rings. The zero-order valence-electron chi connectivity index (χ0n) is 9.72. The van der Waals surface area contributed by atoms with Gasteiger partial charge in [-0.25, -0.2) is 0 Å². The highest BCUT2D eigenvalue weighted by atomic mass is 16.3. The standard InChI is InChI=1S/C11H25NO/c1-6-10(7-2)8-12-11(4,5)9(3)13/h9-10,12-13H,6-8H2,1-5H3. The molecular weight excluding hydrogens is 162 g/mol. The molecule has 2 heteroatoms. The molecule has 0 aliphatic heterocycles. The number of aliphatic hydroxyl groups is 1. The second-order valence-corrected chi connectivity index (χ2v) is 4.46. The summed E-state index contributed by atoms with van der Waals surface area (Å²) in [6.07, 6.45) is 2.11. The van der Waals surface area contributed by atoms with Crippen LogP contribution in [0.5, 0.6) is 0 Å². The summed E-state index contributed by atoms with van der Waals surface area (Å²) in [6.45, 7) is 11.3. The van der Waals surface area contributed by atoms with Gasteiger partial charge < -0.3 is 10.4 Å². The molecule has 0 aromatic rings. The summed E-state index contributed by atoms with van der Waals surface area (Å²) in [4.78, 5) is 0. The van der Waals surface area contributed by atoms with E-state index in [2.05, 4.69) is 19.2 Å². The minimum absolute atomic E-state index is 0.164. The summed E-state index contributed by atoms with van der Waals surface area (Å²) in [7, 11) is 0. The summed E-state index contributed by atoms with van der Waals surface area (Å²) in [6, 6.07) is 0. The summed E-state index contributed by atoms with van der Waals surface area (Å²) < 4.78 is 0. The molecule has 0 radical (unpaired) electrons. The summed E-state index contributed by atoms with van der Waals surface area (Å²) in [5.74, 6) is 0.734. The van der Waals surface area contributed by atoms with E-state index in [1.807, 2.05) is 20.8 Å². The van der Waals surface area contributed by atoms with Crippen LogP contribution in [0.25, 0.3) is 0 Å². The van der Waals surface area contributed by atoms with E-state index >= 15 is 0 Å². The van der Waals surface area contributed by atoms with Gasteiger partial charge in [-0.3, -0.25) is 0 Å². The van der Waals surface area contributed by atoms with Gasteiger partial charge in [0.2, 0.25) is 0 Å². The molecule has 2 nitrogen and oxygen atoms in total. The Labute approximate surface area is 82.7 Å². The fraction of sp³-hybridized carbons (Fsp3) is 1.00. The Bertz CT molecular complexity index is 128. The number of aliphatic hydroxyl groups excluding tert-OH is 1. The van der Waals surface area contributed by atoms with Crippen LogP contribution in [0.15, 0.2) is 0 Å². The zero-order valence-corrected chi connectivity index (χ0v) is 9.72. The quantitative estimate of drug-likeness (QED) is 0.668. The Kier molecular flexibility index (Phi) is 5.57. The van der Waals surface area contributed by atoms with Crippen molar-refractivity contribution in [3.8, 4) is 0 Å². The van der Waals surface area contributed by atoms with Crippen LogP contribution < -0.4 is 5.32 Å². The summed E-state index contributed by atoms with van der Waals surface area (Å²) in [5.41, 5.74) is -0.164. The fourth-order valence-corrected chi connectivity index (χ4v) is 1.13. The SMILES string of the molecule is CCC(CC)CNC(C)(C)C(C)O. The van der Waals surface area contributed by atoms with Crippen molar-refractivity contribution < 1.29 is 5.11 Å². The van der Waals surface area contributed by atoms with Crippen molar-refractivity contribution in [1.82, 2.24) is 5.32 Å². The van der Waals surface area contributed by atoms with Crippen LogP contribution in [0.1, 0.15) is 47.5 Å². The molecule has 0 aliphatic carbocycles. The van der Waals surface area contributed by atoms with Gasteiger partial charge in [-0.05, 0) is 33.2 Å². The fourth-order valence-electron chi connectivity index (χ4n) is 1.13. The van der Waals surface area contributed by atoms with Crippen LogP contribution in [0.4, 0.5) is 0 Å². The van der Waals surface area contributed by atoms with Crippen LogP contribution in [0.3, 0.4) is 0 Å². The molecule has 1 atom stereocenters. The minimum atomic E-state index is -0.304. The van der Waals surface area contributed by atoms with Gasteiger partial charge in [0.1, 0.15) is 0 Å². The monoisotopic (exact) mass is 187 g/mol. The molecule has 80 valence electrons. The summed E-state index contributed by atoms with van der Waals surface area (Å²) in [5, 5.41) is 12.9. The predicted molar refractivity (Wildman–Crippen MR) is 57.8 cm³/mol. The highest BCUT2D eigenvalue weighted by molar-refractivity contribution is 4.83. The minimum Gasteiger partial charge on any atom is -0.392 e. The zero-order chi connectivity index (χ0) is 10.5. The highest BCUT2D eigenvalue weighted by Crippen LogP contribution is 2.11. The van der Waals surface area contributed by atoms with E-state index in [1.54, 1.807) is 0 Å². The molecular formula is C11H25NO. The van der Waals surface area contributed by atoms with Gasteiger partial charge in [-0.2, -0.15) is 0 Å². The van der Waals surface area contributed by atoms with Gasteiger partial charge in [0, 0.05) is 5.54 Å². The van der Waals surface area contributed by atoms with Gasteiger partial charge in [0.05, 0.1) is 6.10 Å². The Morgan fingerprint density at radius 2 is 1.69 bits per heavy atom. The van der Waals surface area contributed by atoms with Crippen molar-refractivity contribution in [2.45, 2.75) is 59.1 Å². The van der Waals surface area contributed by atoms with Crippen molar-refractivity contribution in [2.75, 3.05) is 6.54 Å². The van der Waals surface area contributed by atoms with Crippen LogP contribution in [0, 0.1) is 5.92 Å². The number of rotatable bonds is 6. The Balaban J connectivity index is 3.85. The topological polar surface area (TPSA) is 32.3 Å². The normalized spacial score (nSPS) is 15.0. The molecule has 13 heavy (non-hydrogen) atoms. The van der Waals surface area contributed by atoms with Crippen molar-refractivity contribution in [3.05, 3.63) is 0 Å². The van der Waals surface area contributed by atoms with Crippen molar-refractivity contribution in [1.29, 1.82) is 0 Å². The lowest BCUT2D eigenvalue weighted by atomic mass is 9.96. The first-order valence-corrected chi connectivity index (χ1v) is 5.37. The molecule has 1 unspecified atom stereocenters. The molecule has 0 saturated carbocycles. The van der Waals surface area contributed by atoms with E-state index in [-0.39, 0.29) is 11.6 Å². The molecule has 0 aromatic carbocycles. The van der Waals surface area contributed by atoms with Gasteiger partial charge >= 0.3 is 0 Å². The van der Waals surface area contributed by atoms with Crippen LogP contribution >= 0.6 is 0 Å². The van der Waals surface area contributed by atoms with Gasteiger partial charge in [0.25, 0.3) is 0 Å². The first-order valence-electron chi connectivity index (χ1n) is 5.37. The maximum atomic E-state index is 9.48. The van der Waals surface area contributed by atoms with Crippen LogP contribution in [-0.4, -0.2) is 23.3 Å². The summed E-state index contributed by atoms with van der Waals surface area (Å²) >= 11 is 0. The molecule has 0 aromatic heterocycles. The first kappa shape index (κ1) is 12.9. The Morgan fingerprint density at radius 1 is 1.23 bits per heavy atom. The van der Waals surface area contributed by atoms with Crippen LogP contribution in [-0.2, 0) is 0 Å². The van der Waals surface area contributed by atoms with Gasteiger partial charge in [-0.15, -0.1) is 0 Å². The molecule has 0 rings (SSSR count). The number of nitrogens with one attached hydrogen (secondary N) is 1. The van der Waals surface area contributed by atoms with E-state index in [4.69, 9.17) is 0 Å². The molecule has 2 N–H and O–H groups in total. The third-order valence-electron chi connectivity index (χ3n) is 3.05. The molecule has 0 fully saturated rings.